The third-order valence-electron chi connectivity index (χ3n) is 2.25. The first-order valence-corrected chi connectivity index (χ1v) is 5.06. The van der Waals surface area contributed by atoms with Gasteiger partial charge in [-0.1, -0.05) is 12.1 Å². The summed E-state index contributed by atoms with van der Waals surface area (Å²) in [6, 6.07) is 11.0. The molecule has 0 unspecified atom stereocenters. The van der Waals surface area contributed by atoms with Crippen LogP contribution in [0, 0.1) is 0 Å². The molecule has 84 valence electrons. The van der Waals surface area contributed by atoms with Crippen LogP contribution in [0.15, 0.2) is 48.8 Å². The second-order valence-corrected chi connectivity index (χ2v) is 3.42. The molecule has 0 saturated heterocycles. The van der Waals surface area contributed by atoms with Crippen LogP contribution in [-0.4, -0.2) is 17.2 Å². The van der Waals surface area contributed by atoms with Crippen LogP contribution in [-0.2, 0) is 9.59 Å². The highest BCUT2D eigenvalue weighted by atomic mass is 16.2. The van der Waals surface area contributed by atoms with Gasteiger partial charge in [-0.05, 0) is 35.4 Å². The maximum absolute atomic E-state index is 10.9. The topological polar surface area (TPSA) is 59.1 Å². The summed E-state index contributed by atoms with van der Waals surface area (Å²) in [5.74, 6) is -0.656. The summed E-state index contributed by atoms with van der Waals surface area (Å²) in [6.45, 7) is 0. The van der Waals surface area contributed by atoms with Gasteiger partial charge in [-0.25, -0.2) is 0 Å². The lowest BCUT2D eigenvalue weighted by molar-refractivity contribution is -0.127. The highest BCUT2D eigenvalue weighted by Gasteiger charge is 2.01. The zero-order chi connectivity index (χ0) is 12.1. The molecule has 0 atom stereocenters. The second kappa shape index (κ2) is 5.03. The van der Waals surface area contributed by atoms with Crippen LogP contribution in [0.4, 0.5) is 5.69 Å². The molecule has 0 spiro atoms. The van der Waals surface area contributed by atoms with Crippen molar-refractivity contribution >= 4 is 17.9 Å². The zero-order valence-electron chi connectivity index (χ0n) is 8.96. The Labute approximate surface area is 98.3 Å². The lowest BCUT2D eigenvalue weighted by Gasteiger charge is -2.05. The molecular weight excluding hydrogens is 216 g/mol. The average Bonchev–Trinajstić information content (AvgIpc) is 2.40. The normalized spacial score (nSPS) is 9.65. The van der Waals surface area contributed by atoms with Crippen molar-refractivity contribution in [1.29, 1.82) is 0 Å². The highest BCUT2D eigenvalue weighted by molar-refractivity contribution is 6.29. The molecule has 0 radical (unpaired) electrons. The highest BCUT2D eigenvalue weighted by Crippen LogP contribution is 2.21. The lowest BCUT2D eigenvalue weighted by atomic mass is 10.1. The van der Waals surface area contributed by atoms with Crippen molar-refractivity contribution in [2.45, 2.75) is 0 Å². The van der Waals surface area contributed by atoms with Gasteiger partial charge >= 0.3 is 0 Å². The van der Waals surface area contributed by atoms with Gasteiger partial charge in [-0.15, -0.1) is 0 Å². The van der Waals surface area contributed by atoms with Crippen molar-refractivity contribution in [3.8, 4) is 11.1 Å². The Morgan fingerprint density at radius 2 is 1.88 bits per heavy atom. The zero-order valence-corrected chi connectivity index (χ0v) is 8.96. The van der Waals surface area contributed by atoms with Crippen LogP contribution in [0.2, 0.25) is 0 Å². The van der Waals surface area contributed by atoms with E-state index in [-0.39, 0.29) is 6.29 Å². The minimum atomic E-state index is -0.656. The minimum Gasteiger partial charge on any atom is -0.320 e. The summed E-state index contributed by atoms with van der Waals surface area (Å²) in [6.07, 6.45) is 3.65. The first-order chi connectivity index (χ1) is 8.29. The molecule has 0 saturated carbocycles. The molecule has 17 heavy (non-hydrogen) atoms. The third kappa shape index (κ3) is 2.75. The van der Waals surface area contributed by atoms with E-state index in [4.69, 9.17) is 0 Å². The average molecular weight is 226 g/mol. The summed E-state index contributed by atoms with van der Waals surface area (Å²) in [5.41, 5.74) is 2.55. The third-order valence-corrected chi connectivity index (χ3v) is 2.25. The van der Waals surface area contributed by atoms with Gasteiger partial charge in [0.25, 0.3) is 5.91 Å². The van der Waals surface area contributed by atoms with E-state index in [0.717, 1.165) is 11.1 Å². The van der Waals surface area contributed by atoms with E-state index in [1.165, 1.54) is 0 Å². The largest absolute Gasteiger partial charge is 0.320 e. The predicted octanol–water partition coefficient (Wildman–Crippen LogP) is 1.89. The Hall–Kier alpha value is -2.49. The van der Waals surface area contributed by atoms with Crippen LogP contribution in [0.25, 0.3) is 11.1 Å². The fourth-order valence-corrected chi connectivity index (χ4v) is 1.49. The maximum Gasteiger partial charge on any atom is 0.288 e. The van der Waals surface area contributed by atoms with E-state index in [9.17, 15) is 9.59 Å². The Morgan fingerprint density at radius 1 is 1.12 bits per heavy atom. The quantitative estimate of drug-likeness (QED) is 0.642. The molecule has 1 heterocycles. The van der Waals surface area contributed by atoms with Crippen molar-refractivity contribution in [3.63, 3.8) is 0 Å². The number of anilines is 1. The number of pyridine rings is 1. The van der Waals surface area contributed by atoms with Crippen LogP contribution >= 0.6 is 0 Å². The number of nitrogens with one attached hydrogen (secondary N) is 1. The van der Waals surface area contributed by atoms with Crippen molar-refractivity contribution in [2.75, 3.05) is 5.32 Å². The van der Waals surface area contributed by atoms with Gasteiger partial charge in [0, 0.05) is 18.1 Å². The molecule has 0 aliphatic rings. The maximum atomic E-state index is 10.9. The van der Waals surface area contributed by atoms with Crippen LogP contribution in [0.3, 0.4) is 0 Å². The van der Waals surface area contributed by atoms with Crippen molar-refractivity contribution < 1.29 is 9.59 Å². The summed E-state index contributed by atoms with van der Waals surface area (Å²) in [7, 11) is 0. The van der Waals surface area contributed by atoms with Crippen LogP contribution < -0.4 is 5.32 Å². The standard InChI is InChI=1S/C13H10N2O2/c16-9-13(17)15-12-3-1-2-11(8-12)10-4-6-14-7-5-10/h1-9H,(H,15,17). The number of hydrogen-bond donors (Lipinski definition) is 1. The molecule has 2 rings (SSSR count). The Morgan fingerprint density at radius 3 is 2.59 bits per heavy atom. The number of carbonyl (C=O) groups excluding carboxylic acids is 2. The summed E-state index contributed by atoms with van der Waals surface area (Å²) < 4.78 is 0. The van der Waals surface area contributed by atoms with E-state index in [1.807, 2.05) is 24.3 Å². The first kappa shape index (κ1) is 11.0. The summed E-state index contributed by atoms with van der Waals surface area (Å²) in [5, 5.41) is 2.48. The first-order valence-electron chi connectivity index (χ1n) is 5.06. The van der Waals surface area contributed by atoms with E-state index in [1.54, 1.807) is 24.5 Å². The fraction of sp³-hybridized carbons (Fsp3) is 0. The molecule has 4 nitrogen and oxygen atoms in total. The SMILES string of the molecule is O=CC(=O)Nc1cccc(-c2ccncc2)c1. The van der Waals surface area contributed by atoms with E-state index >= 15 is 0 Å². The minimum absolute atomic E-state index is 0.249. The predicted molar refractivity (Wildman–Crippen MR) is 64.4 cm³/mol. The van der Waals surface area contributed by atoms with Gasteiger partial charge in [-0.3, -0.25) is 14.6 Å². The number of aromatic nitrogens is 1. The second-order valence-electron chi connectivity index (χ2n) is 3.42. The van der Waals surface area contributed by atoms with Crippen molar-refractivity contribution in [3.05, 3.63) is 48.8 Å². The van der Waals surface area contributed by atoms with Crippen LogP contribution in [0.1, 0.15) is 0 Å². The molecule has 1 aromatic heterocycles. The molecular formula is C13H10N2O2. The monoisotopic (exact) mass is 226 g/mol. The molecule has 0 bridgehead atoms. The Bertz CT molecular complexity index is 538. The Kier molecular flexibility index (Phi) is 3.25. The summed E-state index contributed by atoms with van der Waals surface area (Å²) >= 11 is 0. The van der Waals surface area contributed by atoms with E-state index in [2.05, 4.69) is 10.3 Å². The van der Waals surface area contributed by atoms with E-state index in [0.29, 0.717) is 5.69 Å². The van der Waals surface area contributed by atoms with Crippen molar-refractivity contribution in [2.24, 2.45) is 0 Å². The molecule has 1 aromatic carbocycles. The molecule has 4 heteroatoms. The Balaban J connectivity index is 2.29. The smallest absolute Gasteiger partial charge is 0.288 e. The molecule has 2 aromatic rings. The van der Waals surface area contributed by atoms with E-state index < -0.39 is 5.91 Å². The number of hydrogen-bond acceptors (Lipinski definition) is 3. The van der Waals surface area contributed by atoms with Gasteiger partial charge in [0.1, 0.15) is 0 Å². The fourth-order valence-electron chi connectivity index (χ4n) is 1.49. The van der Waals surface area contributed by atoms with Crippen LogP contribution in [0.5, 0.6) is 0 Å². The summed E-state index contributed by atoms with van der Waals surface area (Å²) in [4.78, 5) is 25.1. The molecule has 0 fully saturated rings. The van der Waals surface area contributed by atoms with Gasteiger partial charge < -0.3 is 5.32 Å². The lowest BCUT2D eigenvalue weighted by Crippen LogP contribution is -2.11. The molecule has 0 aliphatic heterocycles. The molecule has 1 amide bonds. The van der Waals surface area contributed by atoms with Gasteiger partial charge in [0.05, 0.1) is 0 Å². The number of benzene rings is 1. The van der Waals surface area contributed by atoms with Gasteiger partial charge in [0.15, 0.2) is 0 Å². The van der Waals surface area contributed by atoms with Crippen molar-refractivity contribution in [1.82, 2.24) is 4.98 Å². The number of aldehydes is 1. The number of amides is 1. The molecule has 0 aliphatic carbocycles. The number of rotatable bonds is 3. The van der Waals surface area contributed by atoms with Gasteiger partial charge in [-0.2, -0.15) is 0 Å². The van der Waals surface area contributed by atoms with Gasteiger partial charge in [0.2, 0.25) is 6.29 Å². The number of nitrogens with zero attached hydrogens (tertiary/aromatic N) is 1. The number of carbonyl (C=O) groups is 2. The molecule has 1 N–H and O–H groups in total.